The highest BCUT2D eigenvalue weighted by atomic mass is 127. The van der Waals surface area contributed by atoms with Crippen LogP contribution in [0.2, 0.25) is 5.02 Å². The third-order valence-corrected chi connectivity index (χ3v) is 5.09. The summed E-state index contributed by atoms with van der Waals surface area (Å²) >= 11 is 8.50. The summed E-state index contributed by atoms with van der Waals surface area (Å²) < 4.78 is 6.88. The molecule has 0 radical (unpaired) electrons. The van der Waals surface area contributed by atoms with Crippen LogP contribution >= 0.6 is 34.2 Å². The minimum absolute atomic E-state index is 0.164. The predicted octanol–water partition coefficient (Wildman–Crippen LogP) is 6.31. The van der Waals surface area contributed by atoms with Crippen molar-refractivity contribution in [3.8, 4) is 11.5 Å². The molecule has 1 amide bonds. The Morgan fingerprint density at radius 1 is 1.11 bits per heavy atom. The second kappa shape index (κ2) is 7.32. The molecule has 0 saturated heterocycles. The second-order valence-corrected chi connectivity index (χ2v) is 7.80. The lowest BCUT2D eigenvalue weighted by Crippen LogP contribution is -2.11. The van der Waals surface area contributed by atoms with E-state index in [0.29, 0.717) is 33.3 Å². The molecule has 4 aromatic rings. The summed E-state index contributed by atoms with van der Waals surface area (Å²) in [5, 5.41) is 3.48. The van der Waals surface area contributed by atoms with Gasteiger partial charge in [0.05, 0.1) is 10.6 Å². The SMILES string of the molecule is Cc1cccc(C(=O)Nc2ccc3oc(-c4cc(I)ccc4Cl)nc3c2)c1. The summed E-state index contributed by atoms with van der Waals surface area (Å²) in [7, 11) is 0. The predicted molar refractivity (Wildman–Crippen MR) is 116 cm³/mol. The number of carbonyl (C=O) groups excluding carboxylic acids is 1. The number of aromatic nitrogens is 1. The molecule has 0 aliphatic rings. The molecule has 1 heterocycles. The number of hydrogen-bond donors (Lipinski definition) is 1. The van der Waals surface area contributed by atoms with Gasteiger partial charge in [-0.25, -0.2) is 4.98 Å². The van der Waals surface area contributed by atoms with E-state index in [0.717, 1.165) is 14.7 Å². The Kier molecular flexibility index (Phi) is 4.88. The Balaban J connectivity index is 1.65. The van der Waals surface area contributed by atoms with Crippen LogP contribution in [-0.2, 0) is 0 Å². The molecule has 0 aliphatic carbocycles. The number of nitrogens with one attached hydrogen (secondary N) is 1. The van der Waals surface area contributed by atoms with Gasteiger partial charge in [0, 0.05) is 14.8 Å². The molecule has 3 aromatic carbocycles. The normalized spacial score (nSPS) is 10.9. The molecule has 0 aliphatic heterocycles. The van der Waals surface area contributed by atoms with E-state index < -0.39 is 0 Å². The molecule has 0 atom stereocenters. The van der Waals surface area contributed by atoms with Gasteiger partial charge in [0.2, 0.25) is 5.89 Å². The zero-order valence-corrected chi connectivity index (χ0v) is 17.2. The smallest absolute Gasteiger partial charge is 0.255 e. The lowest BCUT2D eigenvalue weighted by Gasteiger charge is -2.05. The number of oxazole rings is 1. The summed E-state index contributed by atoms with van der Waals surface area (Å²) in [6.07, 6.45) is 0. The zero-order valence-electron chi connectivity index (χ0n) is 14.3. The first-order valence-electron chi connectivity index (χ1n) is 8.23. The molecule has 27 heavy (non-hydrogen) atoms. The van der Waals surface area contributed by atoms with Gasteiger partial charge in [0.15, 0.2) is 5.58 Å². The maximum absolute atomic E-state index is 12.4. The first-order valence-corrected chi connectivity index (χ1v) is 9.69. The van der Waals surface area contributed by atoms with Gasteiger partial charge in [-0.3, -0.25) is 4.79 Å². The van der Waals surface area contributed by atoms with Gasteiger partial charge in [-0.2, -0.15) is 0 Å². The first kappa shape index (κ1) is 18.0. The van der Waals surface area contributed by atoms with Crippen molar-refractivity contribution in [2.24, 2.45) is 0 Å². The van der Waals surface area contributed by atoms with Crippen LogP contribution in [0.4, 0.5) is 5.69 Å². The van der Waals surface area contributed by atoms with Crippen LogP contribution in [0.1, 0.15) is 15.9 Å². The molecule has 134 valence electrons. The van der Waals surface area contributed by atoms with Crippen molar-refractivity contribution in [1.29, 1.82) is 0 Å². The Hall–Kier alpha value is -2.38. The standard InChI is InChI=1S/C21H14ClIN2O2/c1-12-3-2-4-13(9-12)20(26)24-15-6-8-19-18(11-15)25-21(27-19)16-10-14(23)5-7-17(16)22/h2-11H,1H3,(H,24,26). The van der Waals surface area contributed by atoms with Gasteiger partial charge in [0.1, 0.15) is 5.52 Å². The summed E-state index contributed by atoms with van der Waals surface area (Å²) in [4.78, 5) is 17.0. The fraction of sp³-hybridized carbons (Fsp3) is 0.0476. The van der Waals surface area contributed by atoms with Crippen molar-refractivity contribution in [3.63, 3.8) is 0 Å². The van der Waals surface area contributed by atoms with Gasteiger partial charge < -0.3 is 9.73 Å². The summed E-state index contributed by atoms with van der Waals surface area (Å²) in [5.74, 6) is 0.290. The molecular weight excluding hydrogens is 475 g/mol. The molecular formula is C21H14ClIN2O2. The van der Waals surface area contributed by atoms with E-state index in [4.69, 9.17) is 16.0 Å². The number of fused-ring (bicyclic) bond motifs is 1. The number of hydrogen-bond acceptors (Lipinski definition) is 3. The zero-order chi connectivity index (χ0) is 19.0. The molecule has 1 aromatic heterocycles. The van der Waals surface area contributed by atoms with Crippen molar-refractivity contribution in [3.05, 3.63) is 80.4 Å². The number of benzene rings is 3. The van der Waals surface area contributed by atoms with Crippen molar-refractivity contribution in [2.45, 2.75) is 6.92 Å². The molecule has 0 fully saturated rings. The number of nitrogens with zero attached hydrogens (tertiary/aromatic N) is 1. The number of carbonyl (C=O) groups is 1. The van der Waals surface area contributed by atoms with Gasteiger partial charge in [-0.15, -0.1) is 0 Å². The Morgan fingerprint density at radius 3 is 2.78 bits per heavy atom. The van der Waals surface area contributed by atoms with Crippen molar-refractivity contribution in [1.82, 2.24) is 4.98 Å². The number of amides is 1. The molecule has 0 unspecified atom stereocenters. The summed E-state index contributed by atoms with van der Waals surface area (Å²) in [5.41, 5.74) is 4.33. The third kappa shape index (κ3) is 3.84. The average Bonchev–Trinajstić information content (AvgIpc) is 3.07. The average molecular weight is 489 g/mol. The summed E-state index contributed by atoms with van der Waals surface area (Å²) in [6.45, 7) is 1.95. The van der Waals surface area contributed by atoms with Crippen LogP contribution in [0, 0.1) is 10.5 Å². The Morgan fingerprint density at radius 2 is 1.96 bits per heavy atom. The lowest BCUT2D eigenvalue weighted by molar-refractivity contribution is 0.102. The minimum atomic E-state index is -0.164. The van der Waals surface area contributed by atoms with Crippen molar-refractivity contribution < 1.29 is 9.21 Å². The minimum Gasteiger partial charge on any atom is -0.436 e. The van der Waals surface area contributed by atoms with E-state index in [9.17, 15) is 4.79 Å². The largest absolute Gasteiger partial charge is 0.436 e. The van der Waals surface area contributed by atoms with Crippen LogP contribution in [0.25, 0.3) is 22.6 Å². The van der Waals surface area contributed by atoms with Crippen LogP contribution in [0.5, 0.6) is 0 Å². The van der Waals surface area contributed by atoms with E-state index in [1.807, 2.05) is 43.3 Å². The second-order valence-electron chi connectivity index (χ2n) is 6.15. The van der Waals surface area contributed by atoms with Crippen LogP contribution in [-0.4, -0.2) is 10.9 Å². The monoisotopic (exact) mass is 488 g/mol. The molecule has 4 nitrogen and oxygen atoms in total. The van der Waals surface area contributed by atoms with Gasteiger partial charge in [-0.1, -0.05) is 29.3 Å². The molecule has 0 bridgehead atoms. The van der Waals surface area contributed by atoms with Crippen LogP contribution in [0.15, 0.2) is 65.1 Å². The van der Waals surface area contributed by atoms with Gasteiger partial charge >= 0.3 is 0 Å². The number of aryl methyl sites for hydroxylation is 1. The number of rotatable bonds is 3. The fourth-order valence-corrected chi connectivity index (χ4v) is 3.46. The van der Waals surface area contributed by atoms with E-state index in [2.05, 4.69) is 32.9 Å². The van der Waals surface area contributed by atoms with E-state index in [1.54, 1.807) is 24.3 Å². The van der Waals surface area contributed by atoms with Crippen molar-refractivity contribution >= 4 is 56.9 Å². The van der Waals surface area contributed by atoms with E-state index in [-0.39, 0.29) is 5.91 Å². The highest BCUT2D eigenvalue weighted by Crippen LogP contribution is 2.32. The van der Waals surface area contributed by atoms with Crippen LogP contribution < -0.4 is 5.32 Å². The highest BCUT2D eigenvalue weighted by Gasteiger charge is 2.13. The van der Waals surface area contributed by atoms with E-state index >= 15 is 0 Å². The number of halogens is 2. The molecule has 1 N–H and O–H groups in total. The maximum atomic E-state index is 12.4. The maximum Gasteiger partial charge on any atom is 0.255 e. The van der Waals surface area contributed by atoms with Crippen molar-refractivity contribution in [2.75, 3.05) is 5.32 Å². The highest BCUT2D eigenvalue weighted by molar-refractivity contribution is 14.1. The lowest BCUT2D eigenvalue weighted by atomic mass is 10.1. The molecule has 4 rings (SSSR count). The third-order valence-electron chi connectivity index (χ3n) is 4.08. The molecule has 0 spiro atoms. The van der Waals surface area contributed by atoms with E-state index in [1.165, 1.54) is 0 Å². The first-order chi connectivity index (χ1) is 13.0. The van der Waals surface area contributed by atoms with Gasteiger partial charge in [-0.05, 0) is 78.0 Å². The Labute approximate surface area is 174 Å². The Bertz CT molecular complexity index is 1170. The molecule has 0 saturated carbocycles. The molecule has 6 heteroatoms. The topological polar surface area (TPSA) is 55.1 Å². The van der Waals surface area contributed by atoms with Crippen LogP contribution in [0.3, 0.4) is 0 Å². The van der Waals surface area contributed by atoms with Gasteiger partial charge in [0.25, 0.3) is 5.91 Å². The quantitative estimate of drug-likeness (QED) is 0.344. The summed E-state index contributed by atoms with van der Waals surface area (Å²) in [6, 6.07) is 18.5. The fourth-order valence-electron chi connectivity index (χ4n) is 2.77. The number of anilines is 1.